The van der Waals surface area contributed by atoms with Crippen LogP contribution in [0.2, 0.25) is 18.1 Å². The van der Waals surface area contributed by atoms with Gasteiger partial charge in [0.1, 0.15) is 12.1 Å². The molecule has 1 aliphatic rings. The lowest BCUT2D eigenvalue weighted by atomic mass is 9.61. The van der Waals surface area contributed by atoms with Gasteiger partial charge in [-0.2, -0.15) is 0 Å². The topological polar surface area (TPSA) is 43.4 Å². The van der Waals surface area contributed by atoms with E-state index in [1.807, 2.05) is 0 Å². The Morgan fingerprint density at radius 2 is 1.83 bits per heavy atom. The molecule has 0 aromatic heterocycles. The van der Waals surface area contributed by atoms with Crippen molar-refractivity contribution in [3.63, 3.8) is 0 Å². The number of hydrogen-bond acceptors (Lipinski definition) is 3. The fraction of sp³-hybridized carbons (Fsp3) is 0.900. The maximum Gasteiger partial charge on any atom is 0.192 e. The highest BCUT2D eigenvalue weighted by Crippen LogP contribution is 2.48. The molecule has 0 radical (unpaired) electrons. The second-order valence-electron chi connectivity index (χ2n) is 10.1. The average Bonchev–Trinajstić information content (AvgIpc) is 2.39. The summed E-state index contributed by atoms with van der Waals surface area (Å²) >= 11 is 0. The van der Waals surface area contributed by atoms with Crippen LogP contribution in [0, 0.1) is 23.2 Å². The van der Waals surface area contributed by atoms with Crippen LogP contribution in [0.3, 0.4) is 0 Å². The van der Waals surface area contributed by atoms with Gasteiger partial charge in [-0.25, -0.2) is 0 Å². The molecule has 0 aromatic rings. The van der Waals surface area contributed by atoms with Gasteiger partial charge in [0.2, 0.25) is 0 Å². The van der Waals surface area contributed by atoms with E-state index in [0.717, 1.165) is 19.1 Å². The fourth-order valence-electron chi connectivity index (χ4n) is 3.55. The minimum atomic E-state index is -1.97. The molecule has 0 N–H and O–H groups in total. The minimum Gasteiger partial charge on any atom is -0.413 e. The van der Waals surface area contributed by atoms with E-state index in [9.17, 15) is 9.59 Å². The molecular weight excluding hydrogens is 316 g/mol. The summed E-state index contributed by atoms with van der Waals surface area (Å²) in [5, 5.41) is 0.115. The van der Waals surface area contributed by atoms with Crippen molar-refractivity contribution in [1.82, 2.24) is 0 Å². The molecule has 3 atom stereocenters. The van der Waals surface area contributed by atoms with Gasteiger partial charge in [0, 0.05) is 18.3 Å². The zero-order valence-electron chi connectivity index (χ0n) is 17.2. The molecule has 0 aliphatic heterocycles. The highest BCUT2D eigenvalue weighted by molar-refractivity contribution is 6.74. The minimum absolute atomic E-state index is 0.0668. The van der Waals surface area contributed by atoms with Crippen LogP contribution in [0.4, 0.5) is 0 Å². The first-order valence-corrected chi connectivity index (χ1v) is 12.3. The van der Waals surface area contributed by atoms with E-state index in [1.165, 1.54) is 0 Å². The maximum absolute atomic E-state index is 13.2. The molecule has 0 aromatic carbocycles. The number of rotatable bonds is 6. The van der Waals surface area contributed by atoms with E-state index in [-0.39, 0.29) is 40.1 Å². The lowest BCUT2D eigenvalue weighted by molar-refractivity contribution is -0.143. The number of carbonyl (C=O) groups is 2. The van der Waals surface area contributed by atoms with Gasteiger partial charge in [0.05, 0.1) is 6.10 Å². The van der Waals surface area contributed by atoms with Crippen LogP contribution in [-0.4, -0.2) is 26.5 Å². The highest BCUT2D eigenvalue weighted by atomic mass is 28.4. The van der Waals surface area contributed by atoms with Crippen LogP contribution in [0.5, 0.6) is 0 Å². The van der Waals surface area contributed by atoms with E-state index in [0.29, 0.717) is 6.42 Å². The van der Waals surface area contributed by atoms with Gasteiger partial charge in [0.25, 0.3) is 0 Å². The number of carbonyl (C=O) groups excluding carboxylic acids is 2. The van der Waals surface area contributed by atoms with Crippen molar-refractivity contribution in [2.45, 2.75) is 92.0 Å². The largest absolute Gasteiger partial charge is 0.413 e. The molecule has 1 saturated carbocycles. The second kappa shape index (κ2) is 7.41. The number of Topliss-reactive ketones (excluding diaryl/α,β-unsaturated/α-hetero) is 1. The SMILES string of the molecule is CC(C)[C@@H](O[Si](C)(C)C(C)(C)C)[C@@H]1C(=O)[C@@H](CC=O)CCC1(C)C. The summed E-state index contributed by atoms with van der Waals surface area (Å²) in [7, 11) is -1.97. The van der Waals surface area contributed by atoms with Gasteiger partial charge in [0.15, 0.2) is 8.32 Å². The van der Waals surface area contributed by atoms with Crippen molar-refractivity contribution in [1.29, 1.82) is 0 Å². The Morgan fingerprint density at radius 3 is 2.25 bits per heavy atom. The molecule has 24 heavy (non-hydrogen) atoms. The molecular formula is C20H38O3Si. The van der Waals surface area contributed by atoms with Crippen molar-refractivity contribution < 1.29 is 14.0 Å². The quantitative estimate of drug-likeness (QED) is 0.484. The maximum atomic E-state index is 13.2. The van der Waals surface area contributed by atoms with Crippen molar-refractivity contribution in [3.8, 4) is 0 Å². The van der Waals surface area contributed by atoms with Crippen LogP contribution < -0.4 is 0 Å². The number of ketones is 1. The zero-order valence-corrected chi connectivity index (χ0v) is 18.2. The average molecular weight is 355 g/mol. The lowest BCUT2D eigenvalue weighted by Crippen LogP contribution is -2.54. The Labute approximate surface area is 150 Å². The Morgan fingerprint density at radius 1 is 1.29 bits per heavy atom. The molecule has 4 heteroatoms. The Balaban J connectivity index is 3.20. The summed E-state index contributed by atoms with van der Waals surface area (Å²) in [4.78, 5) is 24.2. The molecule has 1 fully saturated rings. The summed E-state index contributed by atoms with van der Waals surface area (Å²) in [6.45, 7) is 19.9. The molecule has 0 spiro atoms. The van der Waals surface area contributed by atoms with E-state index >= 15 is 0 Å². The predicted octanol–water partition coefficient (Wildman–Crippen LogP) is 5.24. The predicted molar refractivity (Wildman–Crippen MR) is 103 cm³/mol. The molecule has 0 unspecified atom stereocenters. The van der Waals surface area contributed by atoms with Crippen molar-refractivity contribution >= 4 is 20.4 Å². The molecule has 140 valence electrons. The molecule has 0 saturated heterocycles. The smallest absolute Gasteiger partial charge is 0.192 e. The normalized spacial score (nSPS) is 26.5. The van der Waals surface area contributed by atoms with Crippen LogP contribution >= 0.6 is 0 Å². The Bertz CT molecular complexity index is 460. The van der Waals surface area contributed by atoms with Crippen molar-refractivity contribution in [3.05, 3.63) is 0 Å². The van der Waals surface area contributed by atoms with Crippen LogP contribution in [0.15, 0.2) is 0 Å². The van der Waals surface area contributed by atoms with Gasteiger partial charge < -0.3 is 9.22 Å². The number of hydrogen-bond donors (Lipinski definition) is 0. The molecule has 0 bridgehead atoms. The Hall–Kier alpha value is -0.483. The molecule has 1 aliphatic carbocycles. The van der Waals surface area contributed by atoms with Gasteiger partial charge in [-0.3, -0.25) is 4.79 Å². The third kappa shape index (κ3) is 4.57. The van der Waals surface area contributed by atoms with Gasteiger partial charge in [-0.05, 0) is 42.3 Å². The van der Waals surface area contributed by atoms with E-state index in [1.54, 1.807) is 0 Å². The van der Waals surface area contributed by atoms with Gasteiger partial charge >= 0.3 is 0 Å². The standard InChI is InChI=1S/C20H38O3Si/c1-14(2)18(23-24(8,9)19(3,4)5)16-17(22)15(11-13-21)10-12-20(16,6)7/h13-16,18H,10-12H2,1-9H3/t15-,16+,18-/m1/s1. The van der Waals surface area contributed by atoms with Crippen molar-refractivity contribution in [2.24, 2.45) is 23.2 Å². The summed E-state index contributed by atoms with van der Waals surface area (Å²) in [6.07, 6.45) is 2.99. The zero-order chi connectivity index (χ0) is 18.9. The van der Waals surface area contributed by atoms with Crippen LogP contribution in [-0.2, 0) is 14.0 Å². The van der Waals surface area contributed by atoms with Gasteiger partial charge in [-0.15, -0.1) is 0 Å². The first kappa shape index (κ1) is 21.6. The third-order valence-electron chi connectivity index (χ3n) is 6.29. The monoisotopic (exact) mass is 354 g/mol. The molecule has 0 heterocycles. The molecule has 1 rings (SSSR count). The van der Waals surface area contributed by atoms with Crippen LogP contribution in [0.1, 0.15) is 67.7 Å². The lowest BCUT2D eigenvalue weighted by Gasteiger charge is -2.49. The molecule has 0 amide bonds. The van der Waals surface area contributed by atoms with Gasteiger partial charge in [-0.1, -0.05) is 48.5 Å². The summed E-state index contributed by atoms with van der Waals surface area (Å²) in [6, 6.07) is 0. The first-order valence-electron chi connectivity index (χ1n) is 9.40. The summed E-state index contributed by atoms with van der Waals surface area (Å²) in [5.41, 5.74) is -0.0756. The summed E-state index contributed by atoms with van der Waals surface area (Å²) in [5.74, 6) is 0.285. The van der Waals surface area contributed by atoms with Crippen LogP contribution in [0.25, 0.3) is 0 Å². The highest BCUT2D eigenvalue weighted by Gasteiger charge is 2.50. The summed E-state index contributed by atoms with van der Waals surface area (Å²) < 4.78 is 6.77. The molecule has 3 nitrogen and oxygen atoms in total. The van der Waals surface area contributed by atoms with E-state index in [2.05, 4.69) is 61.6 Å². The van der Waals surface area contributed by atoms with E-state index in [4.69, 9.17) is 4.43 Å². The second-order valence-corrected chi connectivity index (χ2v) is 14.8. The van der Waals surface area contributed by atoms with E-state index < -0.39 is 8.32 Å². The number of aldehydes is 1. The first-order chi connectivity index (χ1) is 10.7. The fourth-order valence-corrected chi connectivity index (χ4v) is 4.99. The Kier molecular flexibility index (Phi) is 6.65. The van der Waals surface area contributed by atoms with Crippen molar-refractivity contribution in [2.75, 3.05) is 0 Å². The third-order valence-corrected chi connectivity index (χ3v) is 10.8.